The molecule has 0 aliphatic rings. The Kier molecular flexibility index (Phi) is 5.82. The summed E-state index contributed by atoms with van der Waals surface area (Å²) in [6.07, 6.45) is 0.749. The maximum atomic E-state index is 9.05. The van der Waals surface area contributed by atoms with Crippen LogP contribution >= 0.6 is 11.3 Å². The van der Waals surface area contributed by atoms with Crippen molar-refractivity contribution in [2.75, 3.05) is 6.61 Å². The van der Waals surface area contributed by atoms with Crippen LogP contribution in [0.2, 0.25) is 0 Å². The molecule has 0 bridgehead atoms. The number of thiophene rings is 1. The Hall–Kier alpha value is -1.80. The van der Waals surface area contributed by atoms with Crippen LogP contribution in [0.4, 0.5) is 0 Å². The Labute approximate surface area is 128 Å². The average Bonchev–Trinajstić information content (AvgIpc) is 2.96. The van der Waals surface area contributed by atoms with Crippen LogP contribution in [0.25, 0.3) is 0 Å². The maximum Gasteiger partial charge on any atom is 0.188 e. The lowest BCUT2D eigenvalue weighted by Crippen LogP contribution is -1.95. The van der Waals surface area contributed by atoms with Crippen LogP contribution in [0.3, 0.4) is 0 Å². The predicted octanol–water partition coefficient (Wildman–Crippen LogP) is 3.31. The molecule has 0 atom stereocenters. The number of ether oxygens (including phenoxy) is 1. The summed E-state index contributed by atoms with van der Waals surface area (Å²) in [7, 11) is 0. The fourth-order valence-electron chi connectivity index (χ4n) is 1.66. The molecule has 110 valence electrons. The zero-order chi connectivity index (χ0) is 15.1. The minimum Gasteiger partial charge on any atom is -0.494 e. The van der Waals surface area contributed by atoms with Gasteiger partial charge in [0.25, 0.3) is 0 Å². The first-order valence-electron chi connectivity index (χ1n) is 6.90. The van der Waals surface area contributed by atoms with Crippen molar-refractivity contribution in [1.29, 1.82) is 0 Å². The van der Waals surface area contributed by atoms with Crippen molar-refractivity contribution in [3.63, 3.8) is 0 Å². The van der Waals surface area contributed by atoms with Crippen LogP contribution < -0.4 is 4.74 Å². The van der Waals surface area contributed by atoms with E-state index >= 15 is 0 Å². The molecule has 0 radical (unpaired) electrons. The van der Waals surface area contributed by atoms with Crippen molar-refractivity contribution in [2.24, 2.45) is 0 Å². The molecule has 0 fully saturated rings. The predicted molar refractivity (Wildman–Crippen MR) is 84.3 cm³/mol. The Morgan fingerprint density at radius 1 is 1.10 bits per heavy atom. The molecule has 3 nitrogen and oxygen atoms in total. The number of unbranched alkanes of at least 4 members (excludes halogenated alkanes) is 1. The fourth-order valence-corrected chi connectivity index (χ4v) is 2.39. The molecule has 1 aromatic heterocycles. The second-order valence-corrected chi connectivity index (χ2v) is 5.67. The molecule has 1 heterocycles. The normalized spacial score (nSPS) is 10.3. The Morgan fingerprint density at radius 3 is 2.48 bits per heavy atom. The summed E-state index contributed by atoms with van der Waals surface area (Å²) in [5.41, 5.74) is 0.900. The Morgan fingerprint density at radius 2 is 1.86 bits per heavy atom. The highest BCUT2D eigenvalue weighted by atomic mass is 32.1. The standard InChI is InChI=1S/C17H18O3S/c1-2-3-12-20-14-7-4-13(5-8-14)6-9-15-10-11-16(21-15)17(18)19/h4-5,7-8,10-11,17-19H,2-3,12H2,1H3. The summed E-state index contributed by atoms with van der Waals surface area (Å²) in [6.45, 7) is 2.87. The van der Waals surface area contributed by atoms with Crippen molar-refractivity contribution >= 4 is 11.3 Å². The number of benzene rings is 1. The highest BCUT2D eigenvalue weighted by Gasteiger charge is 2.04. The van der Waals surface area contributed by atoms with E-state index in [1.165, 1.54) is 11.3 Å². The zero-order valence-electron chi connectivity index (χ0n) is 11.9. The van der Waals surface area contributed by atoms with Crippen molar-refractivity contribution in [1.82, 2.24) is 0 Å². The van der Waals surface area contributed by atoms with Gasteiger partial charge in [0.15, 0.2) is 6.29 Å². The number of aliphatic hydroxyl groups excluding tert-OH is 1. The summed E-state index contributed by atoms with van der Waals surface area (Å²) >= 11 is 1.28. The smallest absolute Gasteiger partial charge is 0.188 e. The molecule has 2 N–H and O–H groups in total. The Balaban J connectivity index is 1.98. The van der Waals surface area contributed by atoms with Gasteiger partial charge in [-0.1, -0.05) is 25.2 Å². The van der Waals surface area contributed by atoms with Crippen LogP contribution in [-0.2, 0) is 0 Å². The quantitative estimate of drug-likeness (QED) is 0.506. The van der Waals surface area contributed by atoms with Crippen LogP contribution in [0.15, 0.2) is 36.4 Å². The minimum absolute atomic E-state index is 0.499. The molecule has 0 amide bonds. The number of hydrogen-bond acceptors (Lipinski definition) is 4. The minimum atomic E-state index is -1.43. The van der Waals surface area contributed by atoms with Gasteiger partial charge in [0.1, 0.15) is 5.75 Å². The van der Waals surface area contributed by atoms with Gasteiger partial charge in [-0.15, -0.1) is 11.3 Å². The first-order valence-corrected chi connectivity index (χ1v) is 7.71. The summed E-state index contributed by atoms with van der Waals surface area (Å²) in [6, 6.07) is 11.1. The van der Waals surface area contributed by atoms with Gasteiger partial charge in [0, 0.05) is 5.56 Å². The largest absolute Gasteiger partial charge is 0.494 e. The lowest BCUT2D eigenvalue weighted by molar-refractivity contribution is -0.0395. The maximum absolute atomic E-state index is 9.05. The van der Waals surface area contributed by atoms with Gasteiger partial charge >= 0.3 is 0 Å². The topological polar surface area (TPSA) is 49.7 Å². The van der Waals surface area contributed by atoms with Gasteiger partial charge in [-0.25, -0.2) is 0 Å². The van der Waals surface area contributed by atoms with E-state index < -0.39 is 6.29 Å². The van der Waals surface area contributed by atoms with Crippen LogP contribution in [0, 0.1) is 11.8 Å². The third kappa shape index (κ3) is 4.91. The molecular weight excluding hydrogens is 284 g/mol. The number of aliphatic hydroxyl groups is 2. The van der Waals surface area contributed by atoms with Gasteiger partial charge < -0.3 is 14.9 Å². The van der Waals surface area contributed by atoms with Crippen molar-refractivity contribution in [2.45, 2.75) is 26.1 Å². The van der Waals surface area contributed by atoms with Crippen molar-refractivity contribution in [3.05, 3.63) is 51.7 Å². The van der Waals surface area contributed by atoms with E-state index in [1.54, 1.807) is 12.1 Å². The van der Waals surface area contributed by atoms with Crippen LogP contribution in [0.1, 0.15) is 41.4 Å². The molecule has 0 aliphatic carbocycles. The van der Waals surface area contributed by atoms with E-state index in [0.29, 0.717) is 4.88 Å². The molecule has 0 saturated heterocycles. The second-order valence-electron chi connectivity index (χ2n) is 4.55. The van der Waals surface area contributed by atoms with Crippen LogP contribution in [-0.4, -0.2) is 16.8 Å². The molecule has 0 unspecified atom stereocenters. The third-order valence-electron chi connectivity index (χ3n) is 2.83. The van der Waals surface area contributed by atoms with Crippen LogP contribution in [0.5, 0.6) is 5.75 Å². The lowest BCUT2D eigenvalue weighted by Gasteiger charge is -2.04. The second kappa shape index (κ2) is 7.84. The first kappa shape index (κ1) is 15.6. The SMILES string of the molecule is CCCCOc1ccc(C#Cc2ccc(C(O)O)s2)cc1. The summed E-state index contributed by atoms with van der Waals surface area (Å²) in [5, 5.41) is 18.1. The van der Waals surface area contributed by atoms with E-state index in [-0.39, 0.29) is 0 Å². The number of hydrogen-bond donors (Lipinski definition) is 2. The number of rotatable bonds is 5. The molecule has 2 aromatic rings. The molecule has 2 rings (SSSR count). The van der Waals surface area contributed by atoms with E-state index in [2.05, 4.69) is 18.8 Å². The summed E-state index contributed by atoms with van der Waals surface area (Å²) in [4.78, 5) is 1.31. The molecule has 0 saturated carbocycles. The highest BCUT2D eigenvalue weighted by molar-refractivity contribution is 7.12. The average molecular weight is 302 g/mol. The van der Waals surface area contributed by atoms with E-state index in [9.17, 15) is 0 Å². The Bertz CT molecular complexity index is 617. The van der Waals surface area contributed by atoms with Gasteiger partial charge in [-0.3, -0.25) is 0 Å². The molecular formula is C17H18O3S. The van der Waals surface area contributed by atoms with E-state index in [4.69, 9.17) is 14.9 Å². The highest BCUT2D eigenvalue weighted by Crippen LogP contribution is 2.21. The van der Waals surface area contributed by atoms with Gasteiger partial charge in [-0.2, -0.15) is 0 Å². The molecule has 1 aromatic carbocycles. The molecule has 4 heteroatoms. The van der Waals surface area contributed by atoms with Gasteiger partial charge in [-0.05, 0) is 42.8 Å². The molecule has 21 heavy (non-hydrogen) atoms. The summed E-state index contributed by atoms with van der Waals surface area (Å²) < 4.78 is 5.59. The molecule has 0 aliphatic heterocycles. The van der Waals surface area contributed by atoms with Crippen molar-refractivity contribution < 1.29 is 14.9 Å². The van der Waals surface area contributed by atoms with Gasteiger partial charge in [0.05, 0.1) is 16.4 Å². The lowest BCUT2D eigenvalue weighted by atomic mass is 10.2. The van der Waals surface area contributed by atoms with Gasteiger partial charge in [0.2, 0.25) is 0 Å². The fraction of sp³-hybridized carbons (Fsp3) is 0.294. The third-order valence-corrected chi connectivity index (χ3v) is 3.87. The summed E-state index contributed by atoms with van der Waals surface area (Å²) in [5.74, 6) is 6.92. The first-order chi connectivity index (χ1) is 10.2. The van der Waals surface area contributed by atoms with E-state index in [0.717, 1.165) is 35.6 Å². The zero-order valence-corrected chi connectivity index (χ0v) is 12.7. The van der Waals surface area contributed by atoms with E-state index in [1.807, 2.05) is 24.3 Å². The molecule has 0 spiro atoms. The monoisotopic (exact) mass is 302 g/mol. The van der Waals surface area contributed by atoms with Crippen molar-refractivity contribution in [3.8, 4) is 17.6 Å².